The smallest absolute Gasteiger partial charge is 0.133 e. The van der Waals surface area contributed by atoms with Gasteiger partial charge in [0.25, 0.3) is 0 Å². The molecule has 0 spiro atoms. The standard InChI is InChI=1S/C12H21N5O/c1-9-15-11(6-12(16-9)17(2)3)14-8-10-7-13-4-5-18-10/h6,10,13H,4-5,7-8H2,1-3H3,(H,14,15,16). The van der Waals surface area contributed by atoms with Crippen LogP contribution in [0.3, 0.4) is 0 Å². The Morgan fingerprint density at radius 1 is 1.50 bits per heavy atom. The molecule has 0 bridgehead atoms. The highest BCUT2D eigenvalue weighted by atomic mass is 16.5. The zero-order valence-corrected chi connectivity index (χ0v) is 11.2. The zero-order chi connectivity index (χ0) is 13.0. The number of aryl methyl sites for hydroxylation is 1. The van der Waals surface area contributed by atoms with E-state index in [1.165, 1.54) is 0 Å². The number of hydrogen-bond donors (Lipinski definition) is 2. The Balaban J connectivity index is 1.95. The number of hydrogen-bond acceptors (Lipinski definition) is 6. The molecular formula is C12H21N5O. The van der Waals surface area contributed by atoms with Crippen LogP contribution in [-0.4, -0.2) is 56.4 Å². The van der Waals surface area contributed by atoms with Crippen LogP contribution in [-0.2, 0) is 4.74 Å². The maximum Gasteiger partial charge on any atom is 0.133 e. The van der Waals surface area contributed by atoms with Crippen molar-refractivity contribution < 1.29 is 4.74 Å². The van der Waals surface area contributed by atoms with Crippen LogP contribution in [0.4, 0.5) is 11.6 Å². The summed E-state index contributed by atoms with van der Waals surface area (Å²) < 4.78 is 5.63. The van der Waals surface area contributed by atoms with Crippen LogP contribution in [0.1, 0.15) is 5.82 Å². The third-order valence-electron chi connectivity index (χ3n) is 2.80. The topological polar surface area (TPSA) is 62.3 Å². The van der Waals surface area contributed by atoms with Crippen molar-refractivity contribution in [1.29, 1.82) is 0 Å². The predicted molar refractivity (Wildman–Crippen MR) is 72.2 cm³/mol. The Bertz CT molecular complexity index is 390. The van der Waals surface area contributed by atoms with E-state index in [1.54, 1.807) is 0 Å². The van der Waals surface area contributed by atoms with E-state index in [-0.39, 0.29) is 6.10 Å². The Morgan fingerprint density at radius 3 is 3.00 bits per heavy atom. The van der Waals surface area contributed by atoms with E-state index in [1.807, 2.05) is 32.0 Å². The molecule has 2 rings (SSSR count). The molecule has 1 unspecified atom stereocenters. The molecule has 2 heterocycles. The second-order valence-corrected chi connectivity index (χ2v) is 4.63. The summed E-state index contributed by atoms with van der Waals surface area (Å²) in [5.41, 5.74) is 0. The first-order chi connectivity index (χ1) is 8.65. The molecular weight excluding hydrogens is 230 g/mol. The average Bonchev–Trinajstić information content (AvgIpc) is 2.37. The molecule has 1 aromatic heterocycles. The van der Waals surface area contributed by atoms with Gasteiger partial charge in [0.05, 0.1) is 12.7 Å². The number of anilines is 2. The monoisotopic (exact) mass is 251 g/mol. The van der Waals surface area contributed by atoms with E-state index in [0.29, 0.717) is 0 Å². The van der Waals surface area contributed by atoms with Crippen LogP contribution >= 0.6 is 0 Å². The van der Waals surface area contributed by atoms with Crippen LogP contribution in [0.25, 0.3) is 0 Å². The first-order valence-corrected chi connectivity index (χ1v) is 6.24. The molecule has 1 saturated heterocycles. The molecule has 0 aromatic carbocycles. The quantitative estimate of drug-likeness (QED) is 0.800. The van der Waals surface area contributed by atoms with Crippen molar-refractivity contribution in [3.8, 4) is 0 Å². The van der Waals surface area contributed by atoms with Crippen LogP contribution in [0.5, 0.6) is 0 Å². The van der Waals surface area contributed by atoms with Gasteiger partial charge in [-0.25, -0.2) is 9.97 Å². The molecule has 0 aliphatic carbocycles. The van der Waals surface area contributed by atoms with Gasteiger partial charge in [0.1, 0.15) is 17.5 Å². The van der Waals surface area contributed by atoms with Gasteiger partial charge in [-0.3, -0.25) is 0 Å². The van der Waals surface area contributed by atoms with Gasteiger partial charge < -0.3 is 20.3 Å². The molecule has 1 aliphatic rings. The van der Waals surface area contributed by atoms with Crippen molar-refractivity contribution in [2.45, 2.75) is 13.0 Å². The third-order valence-corrected chi connectivity index (χ3v) is 2.80. The lowest BCUT2D eigenvalue weighted by Gasteiger charge is -2.24. The van der Waals surface area contributed by atoms with Crippen molar-refractivity contribution in [2.75, 3.05) is 50.6 Å². The Morgan fingerprint density at radius 2 is 2.33 bits per heavy atom. The van der Waals surface area contributed by atoms with E-state index in [0.717, 1.165) is 43.7 Å². The lowest BCUT2D eigenvalue weighted by Crippen LogP contribution is -2.42. The van der Waals surface area contributed by atoms with Gasteiger partial charge in [-0.1, -0.05) is 0 Å². The van der Waals surface area contributed by atoms with E-state index in [2.05, 4.69) is 20.6 Å². The molecule has 0 amide bonds. The summed E-state index contributed by atoms with van der Waals surface area (Å²) in [4.78, 5) is 10.7. The number of rotatable bonds is 4. The Hall–Kier alpha value is -1.40. The maximum absolute atomic E-state index is 5.63. The Kier molecular flexibility index (Phi) is 4.33. The number of morpholine rings is 1. The van der Waals surface area contributed by atoms with Crippen LogP contribution in [0, 0.1) is 6.92 Å². The lowest BCUT2D eigenvalue weighted by atomic mass is 10.3. The molecule has 1 aromatic rings. The summed E-state index contributed by atoms with van der Waals surface area (Å²) in [6.45, 7) is 5.26. The minimum absolute atomic E-state index is 0.205. The zero-order valence-electron chi connectivity index (χ0n) is 11.2. The first-order valence-electron chi connectivity index (χ1n) is 6.24. The van der Waals surface area contributed by atoms with Crippen LogP contribution < -0.4 is 15.5 Å². The lowest BCUT2D eigenvalue weighted by molar-refractivity contribution is 0.0372. The first kappa shape index (κ1) is 13.0. The number of ether oxygens (including phenoxy) is 1. The molecule has 6 nitrogen and oxygen atoms in total. The molecule has 1 aliphatic heterocycles. The molecule has 6 heteroatoms. The van der Waals surface area contributed by atoms with Crippen molar-refractivity contribution in [3.63, 3.8) is 0 Å². The summed E-state index contributed by atoms with van der Waals surface area (Å²) in [6.07, 6.45) is 0.205. The summed E-state index contributed by atoms with van der Waals surface area (Å²) in [5, 5.41) is 6.61. The van der Waals surface area contributed by atoms with E-state index in [4.69, 9.17) is 4.74 Å². The van der Waals surface area contributed by atoms with Gasteiger partial charge in [0.2, 0.25) is 0 Å². The van der Waals surface area contributed by atoms with Gasteiger partial charge in [0.15, 0.2) is 0 Å². The Labute approximate surface area is 108 Å². The number of nitrogens with zero attached hydrogens (tertiary/aromatic N) is 3. The fourth-order valence-corrected chi connectivity index (χ4v) is 1.84. The molecule has 0 radical (unpaired) electrons. The molecule has 2 N–H and O–H groups in total. The minimum atomic E-state index is 0.205. The van der Waals surface area contributed by atoms with E-state index < -0.39 is 0 Å². The fourth-order valence-electron chi connectivity index (χ4n) is 1.84. The van der Waals surface area contributed by atoms with Crippen LogP contribution in [0.15, 0.2) is 6.07 Å². The second kappa shape index (κ2) is 5.97. The fraction of sp³-hybridized carbons (Fsp3) is 0.667. The highest BCUT2D eigenvalue weighted by molar-refractivity contribution is 5.48. The largest absolute Gasteiger partial charge is 0.374 e. The van der Waals surface area contributed by atoms with Gasteiger partial charge in [-0.05, 0) is 6.92 Å². The van der Waals surface area contributed by atoms with Gasteiger partial charge >= 0.3 is 0 Å². The summed E-state index contributed by atoms with van der Waals surface area (Å²) >= 11 is 0. The summed E-state index contributed by atoms with van der Waals surface area (Å²) in [7, 11) is 3.94. The minimum Gasteiger partial charge on any atom is -0.374 e. The second-order valence-electron chi connectivity index (χ2n) is 4.63. The summed E-state index contributed by atoms with van der Waals surface area (Å²) in [5.74, 6) is 2.53. The number of nitrogens with one attached hydrogen (secondary N) is 2. The molecule has 1 fully saturated rings. The molecule has 18 heavy (non-hydrogen) atoms. The SMILES string of the molecule is Cc1nc(NCC2CNCCO2)cc(N(C)C)n1. The highest BCUT2D eigenvalue weighted by Crippen LogP contribution is 2.13. The summed E-state index contributed by atoms with van der Waals surface area (Å²) in [6, 6.07) is 1.95. The van der Waals surface area contributed by atoms with E-state index in [9.17, 15) is 0 Å². The average molecular weight is 251 g/mol. The van der Waals surface area contributed by atoms with E-state index >= 15 is 0 Å². The highest BCUT2D eigenvalue weighted by Gasteiger charge is 2.13. The van der Waals surface area contributed by atoms with Crippen molar-refractivity contribution >= 4 is 11.6 Å². The normalized spacial score (nSPS) is 19.6. The van der Waals surface area contributed by atoms with Crippen molar-refractivity contribution in [1.82, 2.24) is 15.3 Å². The van der Waals surface area contributed by atoms with Crippen molar-refractivity contribution in [3.05, 3.63) is 11.9 Å². The van der Waals surface area contributed by atoms with Gasteiger partial charge in [0, 0.05) is 39.8 Å². The molecule has 1 atom stereocenters. The van der Waals surface area contributed by atoms with Crippen molar-refractivity contribution in [2.24, 2.45) is 0 Å². The molecule has 100 valence electrons. The molecule has 0 saturated carbocycles. The van der Waals surface area contributed by atoms with Gasteiger partial charge in [-0.2, -0.15) is 0 Å². The third kappa shape index (κ3) is 3.54. The van der Waals surface area contributed by atoms with Crippen LogP contribution in [0.2, 0.25) is 0 Å². The maximum atomic E-state index is 5.63. The predicted octanol–water partition coefficient (Wildman–Crippen LogP) is 0.251. The van der Waals surface area contributed by atoms with Gasteiger partial charge in [-0.15, -0.1) is 0 Å². The number of aromatic nitrogens is 2.